The highest BCUT2D eigenvalue weighted by molar-refractivity contribution is 5.80. The molecule has 18 heavy (non-hydrogen) atoms. The van der Waals surface area contributed by atoms with Crippen LogP contribution in [0.25, 0.3) is 11.0 Å². The molecule has 0 radical (unpaired) electrons. The van der Waals surface area contributed by atoms with Crippen molar-refractivity contribution in [2.45, 2.75) is 45.2 Å². The lowest BCUT2D eigenvalue weighted by Gasteiger charge is -2.27. The smallest absolute Gasteiger partial charge is 0.134 e. The van der Waals surface area contributed by atoms with E-state index in [9.17, 15) is 0 Å². The Labute approximate surface area is 108 Å². The normalized spacial score (nSPS) is 24.5. The van der Waals surface area contributed by atoms with E-state index < -0.39 is 0 Å². The van der Waals surface area contributed by atoms with Crippen molar-refractivity contribution in [1.29, 1.82) is 0 Å². The van der Waals surface area contributed by atoms with E-state index in [1.165, 1.54) is 36.6 Å². The molecule has 0 saturated heterocycles. The molecule has 1 aliphatic carbocycles. The maximum Gasteiger partial charge on any atom is 0.134 e. The van der Waals surface area contributed by atoms with Crippen LogP contribution >= 0.6 is 0 Å². The summed E-state index contributed by atoms with van der Waals surface area (Å²) in [5.74, 6) is 0.873. The van der Waals surface area contributed by atoms with E-state index in [0.29, 0.717) is 6.04 Å². The van der Waals surface area contributed by atoms with Gasteiger partial charge >= 0.3 is 0 Å². The van der Waals surface area contributed by atoms with Crippen LogP contribution in [-0.2, 0) is 6.54 Å². The van der Waals surface area contributed by atoms with E-state index in [4.69, 9.17) is 4.42 Å². The zero-order chi connectivity index (χ0) is 12.4. The summed E-state index contributed by atoms with van der Waals surface area (Å²) < 4.78 is 5.57. The molecule has 2 atom stereocenters. The minimum Gasteiger partial charge on any atom is -0.464 e. The monoisotopic (exact) mass is 243 g/mol. The van der Waals surface area contributed by atoms with Gasteiger partial charge in [0.25, 0.3) is 0 Å². The molecule has 96 valence electrons. The zero-order valence-corrected chi connectivity index (χ0v) is 11.0. The summed E-state index contributed by atoms with van der Waals surface area (Å²) in [6.45, 7) is 3.29. The summed E-state index contributed by atoms with van der Waals surface area (Å²) in [6, 6.07) is 8.94. The van der Waals surface area contributed by atoms with Crippen LogP contribution in [0.2, 0.25) is 0 Å². The van der Waals surface area contributed by atoms with Crippen LogP contribution in [0.15, 0.2) is 34.9 Å². The minimum absolute atomic E-state index is 0.683. The number of furan rings is 1. The van der Waals surface area contributed by atoms with Crippen molar-refractivity contribution in [3.05, 3.63) is 36.1 Å². The molecule has 1 fully saturated rings. The Kier molecular flexibility index (Phi) is 3.37. The average molecular weight is 243 g/mol. The van der Waals surface area contributed by atoms with Crippen LogP contribution in [0.1, 0.15) is 38.2 Å². The Morgan fingerprint density at radius 1 is 1.28 bits per heavy atom. The van der Waals surface area contributed by atoms with Gasteiger partial charge in [-0.3, -0.25) is 0 Å². The average Bonchev–Trinajstić information content (AvgIpc) is 2.80. The first-order valence-electron chi connectivity index (χ1n) is 7.01. The molecular formula is C16H21NO. The third-order valence-electron chi connectivity index (χ3n) is 4.08. The molecule has 2 unspecified atom stereocenters. The second-order valence-corrected chi connectivity index (χ2v) is 5.61. The lowest BCUT2D eigenvalue weighted by Crippen LogP contribution is -2.32. The summed E-state index contributed by atoms with van der Waals surface area (Å²) in [5, 5.41) is 4.93. The molecule has 0 bridgehead atoms. The molecule has 1 aromatic carbocycles. The van der Waals surface area contributed by atoms with Gasteiger partial charge in [0.1, 0.15) is 5.58 Å². The second-order valence-electron chi connectivity index (χ2n) is 5.61. The van der Waals surface area contributed by atoms with Gasteiger partial charge in [0.2, 0.25) is 0 Å². The lowest BCUT2D eigenvalue weighted by molar-refractivity contribution is 0.300. The largest absolute Gasteiger partial charge is 0.464 e. The Bertz CT molecular complexity index is 517. The first-order chi connectivity index (χ1) is 8.83. The molecule has 2 heteroatoms. The van der Waals surface area contributed by atoms with E-state index in [0.717, 1.165) is 18.0 Å². The van der Waals surface area contributed by atoms with Crippen molar-refractivity contribution in [2.24, 2.45) is 5.92 Å². The predicted octanol–water partition coefficient (Wildman–Crippen LogP) is 4.10. The molecule has 0 amide bonds. The first-order valence-corrected chi connectivity index (χ1v) is 7.01. The van der Waals surface area contributed by atoms with Gasteiger partial charge in [-0.1, -0.05) is 38.0 Å². The van der Waals surface area contributed by atoms with Gasteiger partial charge < -0.3 is 9.73 Å². The van der Waals surface area contributed by atoms with E-state index in [2.05, 4.69) is 24.4 Å². The fourth-order valence-corrected chi connectivity index (χ4v) is 3.04. The van der Waals surface area contributed by atoms with Gasteiger partial charge in [-0.2, -0.15) is 0 Å². The van der Waals surface area contributed by atoms with Crippen molar-refractivity contribution in [1.82, 2.24) is 5.32 Å². The van der Waals surface area contributed by atoms with Gasteiger partial charge in [-0.05, 0) is 24.8 Å². The Morgan fingerprint density at radius 2 is 2.17 bits per heavy atom. The van der Waals surface area contributed by atoms with Crippen LogP contribution in [0, 0.1) is 5.92 Å². The number of rotatable bonds is 3. The van der Waals surface area contributed by atoms with Gasteiger partial charge in [-0.25, -0.2) is 0 Å². The van der Waals surface area contributed by atoms with E-state index in [1.807, 2.05) is 18.4 Å². The molecule has 1 saturated carbocycles. The molecule has 1 N–H and O–H groups in total. The molecule has 2 nitrogen and oxygen atoms in total. The SMILES string of the molecule is CC1CCCC(NCc2coc3ccccc23)C1. The summed E-state index contributed by atoms with van der Waals surface area (Å²) in [6.07, 6.45) is 7.29. The number of fused-ring (bicyclic) bond motifs is 1. The number of hydrogen-bond acceptors (Lipinski definition) is 2. The summed E-state index contributed by atoms with van der Waals surface area (Å²) in [7, 11) is 0. The Hall–Kier alpha value is -1.28. The standard InChI is InChI=1S/C16H21NO/c1-12-5-4-6-14(9-12)17-10-13-11-18-16-8-3-2-7-15(13)16/h2-3,7-8,11-12,14,17H,4-6,9-10H2,1H3. The molecule has 2 aromatic rings. The van der Waals surface area contributed by atoms with Crippen LogP contribution in [-0.4, -0.2) is 6.04 Å². The fraction of sp³-hybridized carbons (Fsp3) is 0.500. The van der Waals surface area contributed by atoms with Crippen molar-refractivity contribution < 1.29 is 4.42 Å². The molecule has 0 aliphatic heterocycles. The number of benzene rings is 1. The maximum atomic E-state index is 5.57. The summed E-state index contributed by atoms with van der Waals surface area (Å²) in [4.78, 5) is 0. The number of hydrogen-bond donors (Lipinski definition) is 1. The quantitative estimate of drug-likeness (QED) is 0.878. The third-order valence-corrected chi connectivity index (χ3v) is 4.08. The van der Waals surface area contributed by atoms with Crippen LogP contribution in [0.4, 0.5) is 0 Å². The number of nitrogens with one attached hydrogen (secondary N) is 1. The van der Waals surface area contributed by atoms with Crippen molar-refractivity contribution >= 4 is 11.0 Å². The Balaban J connectivity index is 1.66. The van der Waals surface area contributed by atoms with Gasteiger partial charge in [0.15, 0.2) is 0 Å². The van der Waals surface area contributed by atoms with Crippen molar-refractivity contribution in [3.8, 4) is 0 Å². The molecule has 3 rings (SSSR count). The topological polar surface area (TPSA) is 25.2 Å². The fourth-order valence-electron chi connectivity index (χ4n) is 3.04. The van der Waals surface area contributed by atoms with Gasteiger partial charge in [0.05, 0.1) is 6.26 Å². The van der Waals surface area contributed by atoms with Crippen LogP contribution < -0.4 is 5.32 Å². The van der Waals surface area contributed by atoms with E-state index in [1.54, 1.807) is 0 Å². The number of para-hydroxylation sites is 1. The van der Waals surface area contributed by atoms with E-state index in [-0.39, 0.29) is 0 Å². The molecule has 1 aromatic heterocycles. The molecule has 0 spiro atoms. The summed E-state index contributed by atoms with van der Waals surface area (Å²) in [5.41, 5.74) is 2.27. The summed E-state index contributed by atoms with van der Waals surface area (Å²) >= 11 is 0. The molecule has 1 aliphatic rings. The Morgan fingerprint density at radius 3 is 3.06 bits per heavy atom. The van der Waals surface area contributed by atoms with Gasteiger partial charge in [0, 0.05) is 23.5 Å². The highest BCUT2D eigenvalue weighted by atomic mass is 16.3. The van der Waals surface area contributed by atoms with Crippen molar-refractivity contribution in [3.63, 3.8) is 0 Å². The predicted molar refractivity (Wildman–Crippen MR) is 74.5 cm³/mol. The second kappa shape index (κ2) is 5.15. The lowest BCUT2D eigenvalue weighted by atomic mass is 9.87. The van der Waals surface area contributed by atoms with Crippen LogP contribution in [0.3, 0.4) is 0 Å². The molecular weight excluding hydrogens is 222 g/mol. The minimum atomic E-state index is 0.683. The van der Waals surface area contributed by atoms with Gasteiger partial charge in [-0.15, -0.1) is 0 Å². The third kappa shape index (κ3) is 2.44. The molecule has 1 heterocycles. The van der Waals surface area contributed by atoms with Crippen molar-refractivity contribution in [2.75, 3.05) is 0 Å². The first kappa shape index (κ1) is 11.8. The maximum absolute atomic E-state index is 5.57. The highest BCUT2D eigenvalue weighted by Crippen LogP contribution is 2.25. The zero-order valence-electron chi connectivity index (χ0n) is 11.0. The van der Waals surface area contributed by atoms with Crippen LogP contribution in [0.5, 0.6) is 0 Å². The highest BCUT2D eigenvalue weighted by Gasteiger charge is 2.18. The van der Waals surface area contributed by atoms with E-state index >= 15 is 0 Å².